The molecular weight excluding hydrogens is 272 g/mol. The predicted octanol–water partition coefficient (Wildman–Crippen LogP) is 3.73. The fourth-order valence-electron chi connectivity index (χ4n) is 2.41. The van der Waals surface area contributed by atoms with E-state index in [1.807, 2.05) is 0 Å². The average molecular weight is 297 g/mol. The standard InChI is InChI=1S/C16H25ClN2O/c1-15(2,3)13-8-12(10-17)9-14(18-13)19-6-7-20-16(4,5)11-19/h8-9H,6-7,10-11H2,1-5H3. The van der Waals surface area contributed by atoms with Crippen LogP contribution in [-0.2, 0) is 16.0 Å². The van der Waals surface area contributed by atoms with E-state index in [1.54, 1.807) is 0 Å². The molecule has 0 spiro atoms. The molecule has 0 aromatic carbocycles. The van der Waals surface area contributed by atoms with Gasteiger partial charge in [-0.15, -0.1) is 11.6 Å². The Kier molecular flexibility index (Phi) is 4.31. The second-order valence-electron chi connectivity index (χ2n) is 7.13. The van der Waals surface area contributed by atoms with Crippen LogP contribution in [-0.4, -0.2) is 30.3 Å². The number of hydrogen-bond donors (Lipinski definition) is 0. The monoisotopic (exact) mass is 296 g/mol. The summed E-state index contributed by atoms with van der Waals surface area (Å²) in [5.74, 6) is 1.54. The molecule has 0 amide bonds. The van der Waals surface area contributed by atoms with Gasteiger partial charge < -0.3 is 9.64 Å². The van der Waals surface area contributed by atoms with Crippen molar-refractivity contribution in [3.05, 3.63) is 23.4 Å². The third kappa shape index (κ3) is 3.64. The Morgan fingerprint density at radius 2 is 2.05 bits per heavy atom. The number of hydrogen-bond acceptors (Lipinski definition) is 3. The summed E-state index contributed by atoms with van der Waals surface area (Å²) < 4.78 is 5.78. The molecule has 0 unspecified atom stereocenters. The highest BCUT2D eigenvalue weighted by atomic mass is 35.5. The molecule has 2 heterocycles. The van der Waals surface area contributed by atoms with Gasteiger partial charge >= 0.3 is 0 Å². The molecule has 1 aromatic rings. The van der Waals surface area contributed by atoms with Crippen LogP contribution < -0.4 is 4.90 Å². The maximum absolute atomic E-state index is 6.04. The summed E-state index contributed by atoms with van der Waals surface area (Å²) in [5.41, 5.74) is 2.12. The van der Waals surface area contributed by atoms with Gasteiger partial charge in [-0.05, 0) is 31.5 Å². The van der Waals surface area contributed by atoms with Gasteiger partial charge in [0.05, 0.1) is 12.2 Å². The summed E-state index contributed by atoms with van der Waals surface area (Å²) in [7, 11) is 0. The van der Waals surface area contributed by atoms with Crippen molar-refractivity contribution in [3.63, 3.8) is 0 Å². The summed E-state index contributed by atoms with van der Waals surface area (Å²) in [6.07, 6.45) is 0. The molecule has 2 rings (SSSR count). The molecule has 1 aromatic heterocycles. The molecule has 3 nitrogen and oxygen atoms in total. The number of anilines is 1. The van der Waals surface area contributed by atoms with Gasteiger partial charge in [0.1, 0.15) is 5.82 Å². The normalized spacial score (nSPS) is 19.2. The summed E-state index contributed by atoms with van der Waals surface area (Å²) in [4.78, 5) is 7.15. The quantitative estimate of drug-likeness (QED) is 0.778. The largest absolute Gasteiger partial charge is 0.372 e. The summed E-state index contributed by atoms with van der Waals surface area (Å²) in [5, 5.41) is 0. The first kappa shape index (κ1) is 15.6. The van der Waals surface area contributed by atoms with Crippen LogP contribution in [0.25, 0.3) is 0 Å². The van der Waals surface area contributed by atoms with Gasteiger partial charge in [-0.25, -0.2) is 4.98 Å². The van der Waals surface area contributed by atoms with Crippen molar-refractivity contribution in [2.75, 3.05) is 24.6 Å². The summed E-state index contributed by atoms with van der Waals surface area (Å²) >= 11 is 6.04. The number of alkyl halides is 1. The van der Waals surface area contributed by atoms with Gasteiger partial charge in [0, 0.05) is 30.1 Å². The van der Waals surface area contributed by atoms with E-state index in [2.05, 4.69) is 51.7 Å². The number of aromatic nitrogens is 1. The second-order valence-corrected chi connectivity index (χ2v) is 7.40. The lowest BCUT2D eigenvalue weighted by atomic mass is 9.91. The summed E-state index contributed by atoms with van der Waals surface area (Å²) in [6.45, 7) is 13.3. The molecule has 112 valence electrons. The highest BCUT2D eigenvalue weighted by Crippen LogP contribution is 2.28. The molecule has 0 N–H and O–H groups in total. The van der Waals surface area contributed by atoms with E-state index in [9.17, 15) is 0 Å². The number of rotatable bonds is 2. The van der Waals surface area contributed by atoms with Crippen LogP contribution in [0.2, 0.25) is 0 Å². The third-order valence-corrected chi connectivity index (χ3v) is 3.85. The molecule has 0 atom stereocenters. The average Bonchev–Trinajstić information content (AvgIpc) is 2.36. The second kappa shape index (κ2) is 5.53. The highest BCUT2D eigenvalue weighted by molar-refractivity contribution is 6.17. The Balaban J connectivity index is 2.36. The van der Waals surface area contributed by atoms with Crippen LogP contribution in [0.15, 0.2) is 12.1 Å². The fraction of sp³-hybridized carbons (Fsp3) is 0.688. The van der Waals surface area contributed by atoms with E-state index in [0.29, 0.717) is 5.88 Å². The molecular formula is C16H25ClN2O. The van der Waals surface area contributed by atoms with Crippen LogP contribution in [0.3, 0.4) is 0 Å². The van der Waals surface area contributed by atoms with Crippen LogP contribution in [0.1, 0.15) is 45.9 Å². The van der Waals surface area contributed by atoms with Gasteiger partial charge in [-0.3, -0.25) is 0 Å². The lowest BCUT2D eigenvalue weighted by Crippen LogP contribution is -2.48. The van der Waals surface area contributed by atoms with E-state index >= 15 is 0 Å². The van der Waals surface area contributed by atoms with E-state index in [-0.39, 0.29) is 11.0 Å². The molecule has 4 heteroatoms. The molecule has 1 saturated heterocycles. The van der Waals surface area contributed by atoms with E-state index < -0.39 is 0 Å². The van der Waals surface area contributed by atoms with Crippen LogP contribution in [0.5, 0.6) is 0 Å². The number of pyridine rings is 1. The minimum absolute atomic E-state index is 0.0264. The minimum Gasteiger partial charge on any atom is -0.372 e. The Bertz CT molecular complexity index is 480. The maximum Gasteiger partial charge on any atom is 0.129 e. The van der Waals surface area contributed by atoms with Crippen molar-refractivity contribution in [1.82, 2.24) is 4.98 Å². The lowest BCUT2D eigenvalue weighted by molar-refractivity contribution is -0.0279. The van der Waals surface area contributed by atoms with Gasteiger partial charge in [0.25, 0.3) is 0 Å². The number of ether oxygens (including phenoxy) is 1. The van der Waals surface area contributed by atoms with Crippen LogP contribution in [0, 0.1) is 0 Å². The molecule has 20 heavy (non-hydrogen) atoms. The van der Waals surface area contributed by atoms with E-state index in [0.717, 1.165) is 36.8 Å². The molecule has 1 aliphatic heterocycles. The first-order valence-electron chi connectivity index (χ1n) is 7.18. The molecule has 1 aliphatic rings. The van der Waals surface area contributed by atoms with Gasteiger partial charge in [-0.2, -0.15) is 0 Å². The Morgan fingerprint density at radius 3 is 2.60 bits per heavy atom. The zero-order valence-corrected chi connectivity index (χ0v) is 13.9. The molecule has 0 aliphatic carbocycles. The maximum atomic E-state index is 6.04. The van der Waals surface area contributed by atoms with Crippen molar-refractivity contribution in [2.45, 2.75) is 51.5 Å². The van der Waals surface area contributed by atoms with Crippen molar-refractivity contribution in [1.29, 1.82) is 0 Å². The van der Waals surface area contributed by atoms with Crippen LogP contribution >= 0.6 is 11.6 Å². The lowest BCUT2D eigenvalue weighted by Gasteiger charge is -2.39. The van der Waals surface area contributed by atoms with Gasteiger partial charge in [-0.1, -0.05) is 20.8 Å². The SMILES string of the molecule is CC1(C)CN(c2cc(CCl)cc(C(C)(C)C)n2)CCO1. The van der Waals surface area contributed by atoms with Crippen molar-refractivity contribution in [3.8, 4) is 0 Å². The van der Waals surface area contributed by atoms with Crippen molar-refractivity contribution in [2.24, 2.45) is 0 Å². The third-order valence-electron chi connectivity index (χ3n) is 3.54. The van der Waals surface area contributed by atoms with Crippen molar-refractivity contribution < 1.29 is 4.74 Å². The number of halogens is 1. The molecule has 0 radical (unpaired) electrons. The minimum atomic E-state index is -0.126. The molecule has 0 bridgehead atoms. The zero-order chi connectivity index (χ0) is 15.0. The van der Waals surface area contributed by atoms with E-state index in [1.165, 1.54) is 0 Å². The smallest absolute Gasteiger partial charge is 0.129 e. The predicted molar refractivity (Wildman–Crippen MR) is 84.7 cm³/mol. The van der Waals surface area contributed by atoms with E-state index in [4.69, 9.17) is 21.3 Å². The molecule has 1 fully saturated rings. The molecule has 0 saturated carbocycles. The summed E-state index contributed by atoms with van der Waals surface area (Å²) in [6, 6.07) is 4.21. The van der Waals surface area contributed by atoms with Gasteiger partial charge in [0.15, 0.2) is 0 Å². The first-order chi connectivity index (χ1) is 9.21. The fourth-order valence-corrected chi connectivity index (χ4v) is 2.56. The van der Waals surface area contributed by atoms with Crippen LogP contribution in [0.4, 0.5) is 5.82 Å². The Hall–Kier alpha value is -0.800. The first-order valence-corrected chi connectivity index (χ1v) is 7.71. The number of morpholine rings is 1. The Labute approximate surface area is 127 Å². The topological polar surface area (TPSA) is 25.4 Å². The zero-order valence-electron chi connectivity index (χ0n) is 13.2. The highest BCUT2D eigenvalue weighted by Gasteiger charge is 2.28. The van der Waals surface area contributed by atoms with Gasteiger partial charge in [0.2, 0.25) is 0 Å². The van der Waals surface area contributed by atoms with Crippen molar-refractivity contribution >= 4 is 17.4 Å². The Morgan fingerprint density at radius 1 is 1.35 bits per heavy atom. The number of nitrogens with zero attached hydrogens (tertiary/aromatic N) is 2.